The predicted octanol–water partition coefficient (Wildman–Crippen LogP) is 3.99. The van der Waals surface area contributed by atoms with Gasteiger partial charge in [-0.25, -0.2) is 10.5 Å². The number of para-hydroxylation sites is 1. The first kappa shape index (κ1) is 18.9. The molecule has 0 saturated heterocycles. The number of hydrogen-bond donors (Lipinski definition) is 2. The fraction of sp³-hybridized carbons (Fsp3) is 0.176. The number of aliphatic hydroxyl groups excluding tert-OH is 1. The standard InChI is InChI=1S/C17H14Cl3N3O3/c1-9-7-13(25)14-16(12(20)8-21-17(14)22-26-6-5-24)23(9)15-10(18)3-2-4-11(15)19/h2-4,7-8,24H,5-6H2,1H3,(H,21,22). The minimum absolute atomic E-state index is 0.0300. The van der Waals surface area contributed by atoms with Crippen molar-refractivity contribution in [3.8, 4) is 5.69 Å². The van der Waals surface area contributed by atoms with E-state index in [2.05, 4.69) is 10.5 Å². The van der Waals surface area contributed by atoms with Gasteiger partial charge in [0.2, 0.25) is 0 Å². The molecule has 0 radical (unpaired) electrons. The maximum Gasteiger partial charge on any atom is 0.193 e. The molecule has 3 aromatic rings. The van der Waals surface area contributed by atoms with Gasteiger partial charge in [0.15, 0.2) is 11.2 Å². The van der Waals surface area contributed by atoms with Crippen LogP contribution in [0, 0.1) is 6.92 Å². The summed E-state index contributed by atoms with van der Waals surface area (Å²) < 4.78 is 1.71. The van der Waals surface area contributed by atoms with E-state index < -0.39 is 0 Å². The lowest BCUT2D eigenvalue weighted by molar-refractivity contribution is 0.132. The number of aliphatic hydroxyl groups is 1. The van der Waals surface area contributed by atoms with Gasteiger partial charge in [0, 0.05) is 11.8 Å². The minimum atomic E-state index is -0.290. The van der Waals surface area contributed by atoms with E-state index in [1.54, 1.807) is 29.7 Å². The lowest BCUT2D eigenvalue weighted by Crippen LogP contribution is -2.16. The Balaban J connectivity index is 2.38. The Bertz CT molecular complexity index is 1020. The molecule has 3 rings (SSSR count). The molecule has 2 aromatic heterocycles. The van der Waals surface area contributed by atoms with Crippen molar-refractivity contribution in [1.82, 2.24) is 9.55 Å². The molecule has 0 unspecified atom stereocenters. The summed E-state index contributed by atoms with van der Waals surface area (Å²) in [5.41, 5.74) is 3.80. The van der Waals surface area contributed by atoms with Crippen LogP contribution in [0.15, 0.2) is 35.3 Å². The number of rotatable bonds is 5. The Morgan fingerprint density at radius 2 is 1.92 bits per heavy atom. The largest absolute Gasteiger partial charge is 0.394 e. The molecule has 26 heavy (non-hydrogen) atoms. The Morgan fingerprint density at radius 3 is 2.58 bits per heavy atom. The second kappa shape index (κ2) is 7.82. The number of aryl methyl sites for hydroxylation is 1. The summed E-state index contributed by atoms with van der Waals surface area (Å²) in [6.07, 6.45) is 1.40. The molecule has 0 saturated carbocycles. The third-order valence-electron chi connectivity index (χ3n) is 3.69. The maximum atomic E-state index is 12.6. The number of anilines is 1. The lowest BCUT2D eigenvalue weighted by atomic mass is 10.2. The van der Waals surface area contributed by atoms with E-state index in [1.165, 1.54) is 12.3 Å². The molecule has 1 aromatic carbocycles. The normalized spacial score (nSPS) is 11.1. The first-order valence-electron chi connectivity index (χ1n) is 7.59. The third kappa shape index (κ3) is 3.39. The molecule has 2 heterocycles. The fourth-order valence-corrected chi connectivity index (χ4v) is 3.46. The second-order valence-electron chi connectivity index (χ2n) is 5.41. The highest BCUT2D eigenvalue weighted by Gasteiger charge is 2.19. The summed E-state index contributed by atoms with van der Waals surface area (Å²) in [4.78, 5) is 21.8. The lowest BCUT2D eigenvalue weighted by Gasteiger charge is -2.19. The SMILES string of the molecule is Cc1cc(=O)c2c(NOCCO)ncc(Cl)c2n1-c1c(Cl)cccc1Cl. The number of pyridine rings is 2. The summed E-state index contributed by atoms with van der Waals surface area (Å²) in [5.74, 6) is 0.180. The Kier molecular flexibility index (Phi) is 5.70. The number of hydrogen-bond acceptors (Lipinski definition) is 5. The molecule has 0 bridgehead atoms. The summed E-state index contributed by atoms with van der Waals surface area (Å²) in [6.45, 7) is 1.60. The topological polar surface area (TPSA) is 76.4 Å². The smallest absolute Gasteiger partial charge is 0.193 e. The van der Waals surface area contributed by atoms with Crippen LogP contribution in [0.4, 0.5) is 5.82 Å². The van der Waals surface area contributed by atoms with Gasteiger partial charge >= 0.3 is 0 Å². The van der Waals surface area contributed by atoms with Gasteiger partial charge in [0.05, 0.1) is 51.1 Å². The van der Waals surface area contributed by atoms with E-state index in [4.69, 9.17) is 44.7 Å². The summed E-state index contributed by atoms with van der Waals surface area (Å²) in [5, 5.41) is 10.1. The van der Waals surface area contributed by atoms with Crippen molar-refractivity contribution in [1.29, 1.82) is 0 Å². The zero-order valence-electron chi connectivity index (χ0n) is 13.6. The van der Waals surface area contributed by atoms with E-state index in [0.29, 0.717) is 26.9 Å². The Hall–Kier alpha value is -1.83. The quantitative estimate of drug-likeness (QED) is 0.488. The maximum absolute atomic E-state index is 12.6. The first-order valence-corrected chi connectivity index (χ1v) is 8.73. The molecule has 9 heteroatoms. The van der Waals surface area contributed by atoms with E-state index >= 15 is 0 Å². The number of fused-ring (bicyclic) bond motifs is 1. The second-order valence-corrected chi connectivity index (χ2v) is 6.63. The van der Waals surface area contributed by atoms with Gasteiger partial charge in [-0.2, -0.15) is 0 Å². The van der Waals surface area contributed by atoms with Crippen LogP contribution in [-0.2, 0) is 4.84 Å². The molecule has 0 fully saturated rings. The number of halogens is 3. The van der Waals surface area contributed by atoms with Crippen LogP contribution in [0.1, 0.15) is 5.69 Å². The zero-order chi connectivity index (χ0) is 18.8. The van der Waals surface area contributed by atoms with Gasteiger partial charge in [0.25, 0.3) is 0 Å². The summed E-state index contributed by atoms with van der Waals surface area (Å²) in [7, 11) is 0. The van der Waals surface area contributed by atoms with Crippen LogP contribution in [-0.4, -0.2) is 27.9 Å². The van der Waals surface area contributed by atoms with Crippen LogP contribution < -0.4 is 10.9 Å². The highest BCUT2D eigenvalue weighted by Crippen LogP contribution is 2.35. The molecular formula is C17H14Cl3N3O3. The molecular weight excluding hydrogens is 401 g/mol. The molecule has 0 amide bonds. The number of nitrogens with one attached hydrogen (secondary N) is 1. The van der Waals surface area contributed by atoms with Crippen LogP contribution in [0.3, 0.4) is 0 Å². The molecule has 6 nitrogen and oxygen atoms in total. The van der Waals surface area contributed by atoms with Crippen LogP contribution >= 0.6 is 34.8 Å². The van der Waals surface area contributed by atoms with Crippen molar-refractivity contribution in [3.05, 3.63) is 61.4 Å². The molecule has 0 aliphatic rings. The monoisotopic (exact) mass is 413 g/mol. The van der Waals surface area contributed by atoms with Crippen LogP contribution in [0.2, 0.25) is 15.1 Å². The van der Waals surface area contributed by atoms with E-state index in [-0.39, 0.29) is 34.9 Å². The van der Waals surface area contributed by atoms with Crippen molar-refractivity contribution in [2.45, 2.75) is 6.92 Å². The van der Waals surface area contributed by atoms with Gasteiger partial charge < -0.3 is 9.67 Å². The third-order valence-corrected chi connectivity index (χ3v) is 4.58. The van der Waals surface area contributed by atoms with E-state index in [1.807, 2.05) is 0 Å². The Labute approximate surface area is 163 Å². The highest BCUT2D eigenvalue weighted by atomic mass is 35.5. The number of aromatic nitrogens is 2. The van der Waals surface area contributed by atoms with E-state index in [0.717, 1.165) is 0 Å². The minimum Gasteiger partial charge on any atom is -0.394 e. The van der Waals surface area contributed by atoms with Crippen LogP contribution in [0.25, 0.3) is 16.6 Å². The van der Waals surface area contributed by atoms with Gasteiger partial charge in [-0.1, -0.05) is 40.9 Å². The van der Waals surface area contributed by atoms with Crippen molar-refractivity contribution >= 4 is 51.5 Å². The average molecular weight is 415 g/mol. The molecule has 136 valence electrons. The van der Waals surface area contributed by atoms with Crippen molar-refractivity contribution in [3.63, 3.8) is 0 Å². The highest BCUT2D eigenvalue weighted by molar-refractivity contribution is 6.38. The van der Waals surface area contributed by atoms with Gasteiger partial charge in [0.1, 0.15) is 0 Å². The molecule has 0 aliphatic heterocycles. The van der Waals surface area contributed by atoms with Crippen molar-refractivity contribution in [2.24, 2.45) is 0 Å². The average Bonchev–Trinajstić information content (AvgIpc) is 2.59. The zero-order valence-corrected chi connectivity index (χ0v) is 15.9. The molecule has 0 aliphatic carbocycles. The van der Waals surface area contributed by atoms with E-state index in [9.17, 15) is 4.79 Å². The summed E-state index contributed by atoms with van der Waals surface area (Å²) in [6, 6.07) is 6.57. The molecule has 0 atom stereocenters. The van der Waals surface area contributed by atoms with Gasteiger partial charge in [-0.15, -0.1) is 0 Å². The summed E-state index contributed by atoms with van der Waals surface area (Å²) >= 11 is 19.1. The van der Waals surface area contributed by atoms with Crippen LogP contribution in [0.5, 0.6) is 0 Å². The van der Waals surface area contributed by atoms with Crippen molar-refractivity contribution in [2.75, 3.05) is 18.7 Å². The molecule has 0 spiro atoms. The number of nitrogens with zero attached hydrogens (tertiary/aromatic N) is 2. The van der Waals surface area contributed by atoms with Crippen molar-refractivity contribution < 1.29 is 9.94 Å². The first-order chi connectivity index (χ1) is 12.5. The Morgan fingerprint density at radius 1 is 1.23 bits per heavy atom. The number of benzene rings is 1. The van der Waals surface area contributed by atoms with Gasteiger partial charge in [-0.05, 0) is 19.1 Å². The molecule has 2 N–H and O–H groups in total. The fourth-order valence-electron chi connectivity index (χ4n) is 2.67. The van der Waals surface area contributed by atoms with Gasteiger partial charge in [-0.3, -0.25) is 9.63 Å². The predicted molar refractivity (Wildman–Crippen MR) is 104 cm³/mol.